The van der Waals surface area contributed by atoms with Crippen molar-refractivity contribution in [1.29, 1.82) is 0 Å². The predicted octanol–water partition coefficient (Wildman–Crippen LogP) is 1.48. The van der Waals surface area contributed by atoms with Crippen LogP contribution in [-0.4, -0.2) is 36.1 Å². The first-order valence-corrected chi connectivity index (χ1v) is 5.83. The van der Waals surface area contributed by atoms with Gasteiger partial charge in [-0.2, -0.15) is 0 Å². The molecular formula is C12H20N4. The molecule has 0 radical (unpaired) electrons. The van der Waals surface area contributed by atoms with Crippen molar-refractivity contribution < 1.29 is 0 Å². The zero-order chi connectivity index (χ0) is 11.5. The minimum absolute atomic E-state index is 0.629. The summed E-state index contributed by atoms with van der Waals surface area (Å²) in [4.78, 5) is 6.71. The Labute approximate surface area is 96.8 Å². The summed E-state index contributed by atoms with van der Waals surface area (Å²) >= 11 is 0. The van der Waals surface area contributed by atoms with Gasteiger partial charge in [-0.3, -0.25) is 0 Å². The van der Waals surface area contributed by atoms with E-state index in [1.807, 2.05) is 19.2 Å². The van der Waals surface area contributed by atoms with Crippen LogP contribution in [0.25, 0.3) is 0 Å². The normalized spacial score (nSPS) is 21.2. The van der Waals surface area contributed by atoms with Gasteiger partial charge in [0.25, 0.3) is 0 Å². The Hall–Kier alpha value is -1.29. The first kappa shape index (κ1) is 11.2. The summed E-state index contributed by atoms with van der Waals surface area (Å²) in [5, 5.41) is 3.35. The number of likely N-dealkylation sites (N-methyl/N-ethyl adjacent to an activating group) is 1. The highest BCUT2D eigenvalue weighted by Crippen LogP contribution is 2.17. The third kappa shape index (κ3) is 2.44. The third-order valence-corrected chi connectivity index (χ3v) is 3.34. The maximum atomic E-state index is 5.84. The second-order valence-corrected chi connectivity index (χ2v) is 4.58. The smallest absolute Gasteiger partial charge is 0.128 e. The number of nitrogens with zero attached hydrogens (tertiary/aromatic N) is 2. The molecule has 0 bridgehead atoms. The Kier molecular flexibility index (Phi) is 3.29. The van der Waals surface area contributed by atoms with Gasteiger partial charge in [0, 0.05) is 30.5 Å². The second kappa shape index (κ2) is 4.70. The van der Waals surface area contributed by atoms with E-state index in [0.29, 0.717) is 6.04 Å². The van der Waals surface area contributed by atoms with Crippen LogP contribution in [0.1, 0.15) is 18.4 Å². The fourth-order valence-electron chi connectivity index (χ4n) is 2.10. The number of hydrogen-bond donors (Lipinski definition) is 2. The van der Waals surface area contributed by atoms with E-state index in [0.717, 1.165) is 23.6 Å². The van der Waals surface area contributed by atoms with Gasteiger partial charge in [0.15, 0.2) is 0 Å². The topological polar surface area (TPSA) is 54.2 Å². The maximum absolute atomic E-state index is 5.84. The van der Waals surface area contributed by atoms with E-state index in [9.17, 15) is 0 Å². The molecule has 3 N–H and O–H groups in total. The molecule has 1 fully saturated rings. The van der Waals surface area contributed by atoms with Crippen molar-refractivity contribution in [1.82, 2.24) is 9.88 Å². The summed E-state index contributed by atoms with van der Waals surface area (Å²) in [5.41, 5.74) is 7.68. The predicted molar refractivity (Wildman–Crippen MR) is 67.5 cm³/mol. The molecular weight excluding hydrogens is 200 g/mol. The summed E-state index contributed by atoms with van der Waals surface area (Å²) in [5.74, 6) is 0.878. The van der Waals surface area contributed by atoms with E-state index in [1.54, 1.807) is 0 Å². The van der Waals surface area contributed by atoms with Crippen molar-refractivity contribution in [3.63, 3.8) is 0 Å². The Morgan fingerprint density at radius 3 is 3.06 bits per heavy atom. The molecule has 1 unspecified atom stereocenters. The monoisotopic (exact) mass is 220 g/mol. The maximum Gasteiger partial charge on any atom is 0.128 e. The molecule has 1 aromatic heterocycles. The van der Waals surface area contributed by atoms with Crippen LogP contribution >= 0.6 is 0 Å². The van der Waals surface area contributed by atoms with Gasteiger partial charge in [-0.25, -0.2) is 4.98 Å². The van der Waals surface area contributed by atoms with E-state index < -0.39 is 0 Å². The molecule has 4 heteroatoms. The second-order valence-electron chi connectivity index (χ2n) is 4.58. The minimum Gasteiger partial charge on any atom is -0.398 e. The molecule has 2 rings (SSSR count). The number of nitrogen functional groups attached to an aromatic ring is 1. The molecule has 1 aliphatic rings. The molecule has 1 aliphatic heterocycles. The lowest BCUT2D eigenvalue weighted by Crippen LogP contribution is -2.31. The number of rotatable bonds is 3. The first-order chi connectivity index (χ1) is 7.66. The van der Waals surface area contributed by atoms with Crippen LogP contribution < -0.4 is 11.1 Å². The lowest BCUT2D eigenvalue weighted by molar-refractivity contribution is 0.322. The van der Waals surface area contributed by atoms with Crippen LogP contribution in [0.4, 0.5) is 11.5 Å². The summed E-state index contributed by atoms with van der Waals surface area (Å²) in [6, 6.07) is 2.54. The molecule has 0 aliphatic carbocycles. The zero-order valence-electron chi connectivity index (χ0n) is 10.0. The van der Waals surface area contributed by atoms with Gasteiger partial charge in [0.1, 0.15) is 5.82 Å². The number of nitrogens with one attached hydrogen (secondary N) is 1. The summed E-state index contributed by atoms with van der Waals surface area (Å²) in [6.45, 7) is 4.12. The Morgan fingerprint density at radius 1 is 1.62 bits per heavy atom. The molecule has 16 heavy (non-hydrogen) atoms. The average molecular weight is 220 g/mol. The molecule has 88 valence electrons. The van der Waals surface area contributed by atoms with Crippen molar-refractivity contribution in [3.8, 4) is 0 Å². The van der Waals surface area contributed by atoms with Crippen molar-refractivity contribution in [2.75, 3.05) is 31.2 Å². The van der Waals surface area contributed by atoms with Crippen LogP contribution in [0.3, 0.4) is 0 Å². The Bertz CT molecular complexity index is 364. The molecule has 0 spiro atoms. The number of hydrogen-bond acceptors (Lipinski definition) is 4. The summed E-state index contributed by atoms with van der Waals surface area (Å²) < 4.78 is 0. The van der Waals surface area contributed by atoms with E-state index in [1.165, 1.54) is 19.4 Å². The molecule has 1 atom stereocenters. The number of pyridine rings is 1. The van der Waals surface area contributed by atoms with Gasteiger partial charge in [-0.05, 0) is 38.9 Å². The van der Waals surface area contributed by atoms with Gasteiger partial charge in [-0.1, -0.05) is 0 Å². The van der Waals surface area contributed by atoms with Crippen LogP contribution in [0.15, 0.2) is 12.3 Å². The van der Waals surface area contributed by atoms with Crippen LogP contribution in [-0.2, 0) is 0 Å². The largest absolute Gasteiger partial charge is 0.398 e. The molecule has 4 nitrogen and oxygen atoms in total. The van der Waals surface area contributed by atoms with Gasteiger partial charge in [-0.15, -0.1) is 0 Å². The number of nitrogens with two attached hydrogens (primary N) is 1. The van der Waals surface area contributed by atoms with E-state index in [2.05, 4.69) is 22.2 Å². The van der Waals surface area contributed by atoms with E-state index in [-0.39, 0.29) is 0 Å². The van der Waals surface area contributed by atoms with Gasteiger partial charge < -0.3 is 16.0 Å². The number of anilines is 2. The van der Waals surface area contributed by atoms with Gasteiger partial charge >= 0.3 is 0 Å². The van der Waals surface area contributed by atoms with Crippen molar-refractivity contribution in [2.24, 2.45) is 0 Å². The third-order valence-electron chi connectivity index (χ3n) is 3.34. The Balaban J connectivity index is 1.91. The minimum atomic E-state index is 0.629. The zero-order valence-corrected chi connectivity index (χ0v) is 10.0. The average Bonchev–Trinajstić information content (AvgIpc) is 2.66. The van der Waals surface area contributed by atoms with E-state index >= 15 is 0 Å². The first-order valence-electron chi connectivity index (χ1n) is 5.83. The number of likely N-dealkylation sites (tertiary alicyclic amines) is 1. The highest BCUT2D eigenvalue weighted by Gasteiger charge is 2.20. The lowest BCUT2D eigenvalue weighted by Gasteiger charge is -2.20. The molecule has 0 saturated carbocycles. The van der Waals surface area contributed by atoms with Crippen LogP contribution in [0.5, 0.6) is 0 Å². The van der Waals surface area contributed by atoms with Gasteiger partial charge in [0.05, 0.1) is 0 Å². The molecule has 2 heterocycles. The van der Waals surface area contributed by atoms with Crippen LogP contribution in [0, 0.1) is 6.92 Å². The van der Waals surface area contributed by atoms with Crippen molar-refractivity contribution >= 4 is 11.5 Å². The van der Waals surface area contributed by atoms with Gasteiger partial charge in [0.2, 0.25) is 0 Å². The molecule has 0 amide bonds. The highest BCUT2D eigenvalue weighted by atomic mass is 15.2. The summed E-state index contributed by atoms with van der Waals surface area (Å²) in [7, 11) is 2.18. The Morgan fingerprint density at radius 2 is 2.44 bits per heavy atom. The van der Waals surface area contributed by atoms with E-state index in [4.69, 9.17) is 5.73 Å². The fourth-order valence-corrected chi connectivity index (χ4v) is 2.10. The molecule has 1 saturated heterocycles. The lowest BCUT2D eigenvalue weighted by atomic mass is 10.2. The fraction of sp³-hybridized carbons (Fsp3) is 0.583. The van der Waals surface area contributed by atoms with Crippen LogP contribution in [0.2, 0.25) is 0 Å². The summed E-state index contributed by atoms with van der Waals surface area (Å²) in [6.07, 6.45) is 4.38. The SMILES string of the molecule is Cc1cnc(NCC2CCCN2C)cc1N. The number of aromatic nitrogens is 1. The molecule has 1 aromatic rings. The number of aryl methyl sites for hydroxylation is 1. The molecule has 0 aromatic carbocycles. The quantitative estimate of drug-likeness (QED) is 0.810. The standard InChI is InChI=1S/C12H20N4/c1-9-7-14-12(6-11(9)13)15-8-10-4-3-5-16(10)2/h6-7,10H,3-5,8H2,1-2H3,(H3,13,14,15). The van der Waals surface area contributed by atoms with Crippen molar-refractivity contribution in [2.45, 2.75) is 25.8 Å². The highest BCUT2D eigenvalue weighted by molar-refractivity contribution is 5.53. The van der Waals surface area contributed by atoms with Crippen molar-refractivity contribution in [3.05, 3.63) is 17.8 Å².